The van der Waals surface area contributed by atoms with Crippen LogP contribution in [-0.4, -0.2) is 22.3 Å². The van der Waals surface area contributed by atoms with E-state index < -0.39 is 0 Å². The lowest BCUT2D eigenvalue weighted by atomic mass is 9.99. The van der Waals surface area contributed by atoms with Crippen molar-refractivity contribution >= 4 is 16.8 Å². The first-order chi connectivity index (χ1) is 12.6. The molecule has 132 valence electrons. The third-order valence-electron chi connectivity index (χ3n) is 5.17. The minimum absolute atomic E-state index is 0.0989. The number of aryl methyl sites for hydroxylation is 2. The summed E-state index contributed by atoms with van der Waals surface area (Å²) < 4.78 is 0. The van der Waals surface area contributed by atoms with Gasteiger partial charge in [0, 0.05) is 30.6 Å². The first kappa shape index (κ1) is 16.6. The number of nitrogens with zero attached hydrogens (tertiary/aromatic N) is 1. The summed E-state index contributed by atoms with van der Waals surface area (Å²) in [7, 11) is 0. The van der Waals surface area contributed by atoms with Crippen molar-refractivity contribution in [2.75, 3.05) is 6.54 Å². The molecule has 4 nitrogen and oxygen atoms in total. The highest BCUT2D eigenvalue weighted by atomic mass is 16.2. The maximum Gasteiger partial charge on any atom is 0.251 e. The molecule has 0 fully saturated rings. The molecule has 3 aromatic rings. The maximum absolute atomic E-state index is 12.6. The summed E-state index contributed by atoms with van der Waals surface area (Å²) in [5.41, 5.74) is 5.12. The first-order valence-corrected chi connectivity index (χ1v) is 9.07. The molecular weight excluding hydrogens is 324 g/mol. The second-order valence-electron chi connectivity index (χ2n) is 7.05. The molecule has 1 N–H and O–H groups in total. The van der Waals surface area contributed by atoms with Gasteiger partial charge in [-0.2, -0.15) is 0 Å². The van der Waals surface area contributed by atoms with Gasteiger partial charge in [0.2, 0.25) is 5.91 Å². The van der Waals surface area contributed by atoms with Crippen molar-refractivity contribution < 1.29 is 4.79 Å². The van der Waals surface area contributed by atoms with Crippen LogP contribution < -0.4 is 5.56 Å². The van der Waals surface area contributed by atoms with E-state index in [2.05, 4.69) is 23.2 Å². The van der Waals surface area contributed by atoms with Gasteiger partial charge in [0.05, 0.1) is 0 Å². The van der Waals surface area contributed by atoms with Crippen LogP contribution in [-0.2, 0) is 24.2 Å². The van der Waals surface area contributed by atoms with Crippen LogP contribution in [0.4, 0.5) is 0 Å². The number of aromatic nitrogens is 1. The molecule has 26 heavy (non-hydrogen) atoms. The zero-order chi connectivity index (χ0) is 18.1. The van der Waals surface area contributed by atoms with Crippen LogP contribution in [0.2, 0.25) is 0 Å². The van der Waals surface area contributed by atoms with E-state index in [1.807, 2.05) is 42.2 Å². The SMILES string of the molecule is Cc1ccc2[nH]c(=O)c(CCC(=O)N3CCc4ccccc4C3)cc2c1. The molecule has 4 rings (SSSR count). The van der Waals surface area contributed by atoms with Crippen molar-refractivity contribution in [3.05, 3.63) is 81.1 Å². The fourth-order valence-corrected chi connectivity index (χ4v) is 3.67. The number of carbonyl (C=O) groups is 1. The number of benzene rings is 2. The predicted molar refractivity (Wildman–Crippen MR) is 103 cm³/mol. The van der Waals surface area contributed by atoms with Crippen molar-refractivity contribution in [1.29, 1.82) is 0 Å². The van der Waals surface area contributed by atoms with Crippen LogP contribution in [0.5, 0.6) is 0 Å². The van der Waals surface area contributed by atoms with E-state index in [9.17, 15) is 9.59 Å². The van der Waals surface area contributed by atoms with Crippen molar-refractivity contribution in [3.63, 3.8) is 0 Å². The average Bonchev–Trinajstić information content (AvgIpc) is 2.66. The van der Waals surface area contributed by atoms with E-state index in [0.717, 1.165) is 29.4 Å². The fourth-order valence-electron chi connectivity index (χ4n) is 3.67. The molecule has 0 unspecified atom stereocenters. The molecule has 0 aliphatic carbocycles. The third-order valence-corrected chi connectivity index (χ3v) is 5.17. The molecule has 0 atom stereocenters. The maximum atomic E-state index is 12.6. The van der Waals surface area contributed by atoms with Crippen LogP contribution >= 0.6 is 0 Å². The van der Waals surface area contributed by atoms with E-state index in [0.29, 0.717) is 24.9 Å². The quantitative estimate of drug-likeness (QED) is 0.791. The van der Waals surface area contributed by atoms with Gasteiger partial charge in [0.25, 0.3) is 5.56 Å². The minimum Gasteiger partial charge on any atom is -0.338 e. The number of hydrogen-bond donors (Lipinski definition) is 1. The van der Waals surface area contributed by atoms with Gasteiger partial charge in [-0.1, -0.05) is 35.9 Å². The van der Waals surface area contributed by atoms with Gasteiger partial charge >= 0.3 is 0 Å². The van der Waals surface area contributed by atoms with Gasteiger partial charge in [-0.15, -0.1) is 0 Å². The van der Waals surface area contributed by atoms with Crippen molar-refractivity contribution in [2.45, 2.75) is 32.7 Å². The number of fused-ring (bicyclic) bond motifs is 2. The summed E-state index contributed by atoms with van der Waals surface area (Å²) in [5.74, 6) is 0.114. The fraction of sp³-hybridized carbons (Fsp3) is 0.273. The van der Waals surface area contributed by atoms with Gasteiger partial charge in [-0.05, 0) is 54.5 Å². The number of pyridine rings is 1. The highest BCUT2D eigenvalue weighted by molar-refractivity contribution is 5.80. The summed E-state index contributed by atoms with van der Waals surface area (Å²) in [6.07, 6.45) is 1.73. The normalized spacial score (nSPS) is 13.7. The standard InChI is InChI=1S/C22H22N2O2/c1-15-6-8-20-19(12-15)13-17(22(26)23-20)7-9-21(25)24-11-10-16-4-2-3-5-18(16)14-24/h2-6,8,12-13H,7,9-11,14H2,1H3,(H,23,26). The molecule has 4 heteroatoms. The summed E-state index contributed by atoms with van der Waals surface area (Å²) in [5, 5.41) is 1.01. The molecule has 0 bridgehead atoms. The number of amides is 1. The van der Waals surface area contributed by atoms with E-state index in [1.54, 1.807) is 0 Å². The Hall–Kier alpha value is -2.88. The monoisotopic (exact) mass is 346 g/mol. The Bertz CT molecular complexity index is 1040. The van der Waals surface area contributed by atoms with Crippen LogP contribution in [0.25, 0.3) is 10.9 Å². The lowest BCUT2D eigenvalue weighted by Crippen LogP contribution is -2.36. The second kappa shape index (κ2) is 6.79. The second-order valence-corrected chi connectivity index (χ2v) is 7.05. The Kier molecular flexibility index (Phi) is 4.33. The van der Waals surface area contributed by atoms with Gasteiger partial charge in [0.15, 0.2) is 0 Å². The van der Waals surface area contributed by atoms with E-state index in [1.165, 1.54) is 11.1 Å². The molecule has 2 heterocycles. The molecule has 0 spiro atoms. The summed E-state index contributed by atoms with van der Waals surface area (Å²) in [6, 6.07) is 16.2. The van der Waals surface area contributed by atoms with Crippen molar-refractivity contribution in [2.24, 2.45) is 0 Å². The summed E-state index contributed by atoms with van der Waals surface area (Å²) >= 11 is 0. The zero-order valence-corrected chi connectivity index (χ0v) is 14.9. The Morgan fingerprint density at radius 1 is 1.12 bits per heavy atom. The van der Waals surface area contributed by atoms with Crippen LogP contribution in [0.1, 0.15) is 28.7 Å². The number of H-pyrrole nitrogens is 1. The molecule has 1 aliphatic heterocycles. The van der Waals surface area contributed by atoms with Gasteiger partial charge < -0.3 is 9.88 Å². The van der Waals surface area contributed by atoms with E-state index in [4.69, 9.17) is 0 Å². The van der Waals surface area contributed by atoms with Crippen LogP contribution in [0.3, 0.4) is 0 Å². The van der Waals surface area contributed by atoms with Crippen LogP contribution in [0.15, 0.2) is 53.3 Å². The minimum atomic E-state index is -0.0989. The molecule has 1 aromatic heterocycles. The number of nitrogens with one attached hydrogen (secondary N) is 1. The van der Waals surface area contributed by atoms with E-state index >= 15 is 0 Å². The van der Waals surface area contributed by atoms with Gasteiger partial charge in [0.1, 0.15) is 0 Å². The number of hydrogen-bond acceptors (Lipinski definition) is 2. The number of rotatable bonds is 3. The molecule has 1 aliphatic rings. The summed E-state index contributed by atoms with van der Waals surface area (Å²) in [6.45, 7) is 3.45. The Labute approximate surface area is 152 Å². The molecule has 0 saturated carbocycles. The molecule has 1 amide bonds. The van der Waals surface area contributed by atoms with E-state index in [-0.39, 0.29) is 11.5 Å². The zero-order valence-electron chi connectivity index (χ0n) is 14.9. The van der Waals surface area contributed by atoms with Crippen molar-refractivity contribution in [3.8, 4) is 0 Å². The Balaban J connectivity index is 1.47. The number of carbonyl (C=O) groups excluding carboxylic acids is 1. The molecular formula is C22H22N2O2. The van der Waals surface area contributed by atoms with Crippen LogP contribution in [0, 0.1) is 6.92 Å². The topological polar surface area (TPSA) is 53.2 Å². The third kappa shape index (κ3) is 3.27. The smallest absolute Gasteiger partial charge is 0.251 e. The van der Waals surface area contributed by atoms with Crippen molar-refractivity contribution in [1.82, 2.24) is 9.88 Å². The number of aromatic amines is 1. The first-order valence-electron chi connectivity index (χ1n) is 9.07. The highest BCUT2D eigenvalue weighted by Gasteiger charge is 2.20. The Morgan fingerprint density at radius 2 is 1.92 bits per heavy atom. The lowest BCUT2D eigenvalue weighted by molar-refractivity contribution is -0.132. The average molecular weight is 346 g/mol. The highest BCUT2D eigenvalue weighted by Crippen LogP contribution is 2.20. The predicted octanol–water partition coefficient (Wildman–Crippen LogP) is 3.35. The Morgan fingerprint density at radius 3 is 2.77 bits per heavy atom. The molecule has 0 saturated heterocycles. The molecule has 2 aromatic carbocycles. The summed E-state index contributed by atoms with van der Waals surface area (Å²) in [4.78, 5) is 29.7. The van der Waals surface area contributed by atoms with Gasteiger partial charge in [-0.25, -0.2) is 0 Å². The lowest BCUT2D eigenvalue weighted by Gasteiger charge is -2.29. The largest absolute Gasteiger partial charge is 0.338 e. The molecule has 0 radical (unpaired) electrons. The van der Waals surface area contributed by atoms with Gasteiger partial charge in [-0.3, -0.25) is 9.59 Å².